The number of hydrogen-bond donors (Lipinski definition) is 1. The Hall–Kier alpha value is -2.21. The molecule has 92 valence electrons. The summed E-state index contributed by atoms with van der Waals surface area (Å²) in [6.45, 7) is 0. The lowest BCUT2D eigenvalue weighted by molar-refractivity contribution is 0.0686. The second-order valence-electron chi connectivity index (χ2n) is 3.37. The summed E-state index contributed by atoms with van der Waals surface area (Å²) < 4.78 is 14.6. The molecule has 1 N–H and O–H groups in total. The number of aromatic nitrogens is 2. The summed E-state index contributed by atoms with van der Waals surface area (Å²) in [5, 5.41) is 12.5. The quantitative estimate of drug-likeness (QED) is 0.900. The zero-order valence-electron chi connectivity index (χ0n) is 8.80. The zero-order chi connectivity index (χ0) is 13.3. The Morgan fingerprint density at radius 3 is 2.72 bits per heavy atom. The fraction of sp³-hybridized carbons (Fsp3) is 0. The predicted octanol–water partition coefficient (Wildman–Crippen LogP) is 1.72. The standard InChI is InChI=1S/C11H6ClFN2O3/c12-6-1-2-8(7(13)5-6)15-4-3-9(16)10(14-15)11(17)18/h1-5H,(H,17,18). The third kappa shape index (κ3) is 2.23. The van der Waals surface area contributed by atoms with Crippen molar-refractivity contribution in [2.45, 2.75) is 0 Å². The normalized spacial score (nSPS) is 10.3. The molecule has 0 aliphatic heterocycles. The maximum Gasteiger partial charge on any atom is 0.360 e. The third-order valence-corrected chi connectivity index (χ3v) is 2.40. The van der Waals surface area contributed by atoms with Crippen LogP contribution in [0, 0.1) is 5.82 Å². The van der Waals surface area contributed by atoms with Crippen LogP contribution in [0.15, 0.2) is 35.3 Å². The Balaban J connectivity index is 2.61. The van der Waals surface area contributed by atoms with Crippen molar-refractivity contribution in [3.05, 3.63) is 57.2 Å². The summed E-state index contributed by atoms with van der Waals surface area (Å²) in [4.78, 5) is 22.0. The van der Waals surface area contributed by atoms with Crippen molar-refractivity contribution in [2.75, 3.05) is 0 Å². The number of aromatic carboxylic acids is 1. The van der Waals surface area contributed by atoms with Crippen molar-refractivity contribution >= 4 is 17.6 Å². The number of carboxylic acids is 1. The van der Waals surface area contributed by atoms with Gasteiger partial charge in [-0.05, 0) is 18.2 Å². The van der Waals surface area contributed by atoms with Gasteiger partial charge in [-0.25, -0.2) is 13.9 Å². The van der Waals surface area contributed by atoms with Gasteiger partial charge in [-0.2, -0.15) is 5.10 Å². The minimum atomic E-state index is -1.47. The first-order chi connectivity index (χ1) is 8.49. The van der Waals surface area contributed by atoms with Crippen LogP contribution in [0.2, 0.25) is 5.02 Å². The number of rotatable bonds is 2. The summed E-state index contributed by atoms with van der Waals surface area (Å²) in [6, 6.07) is 4.84. The van der Waals surface area contributed by atoms with Crippen molar-refractivity contribution < 1.29 is 14.3 Å². The molecule has 0 unspecified atom stereocenters. The highest BCUT2D eigenvalue weighted by atomic mass is 35.5. The van der Waals surface area contributed by atoms with Gasteiger partial charge in [0.15, 0.2) is 0 Å². The molecular formula is C11H6ClFN2O3. The van der Waals surface area contributed by atoms with E-state index in [9.17, 15) is 14.0 Å². The lowest BCUT2D eigenvalue weighted by Gasteiger charge is -2.06. The Morgan fingerprint density at radius 2 is 2.11 bits per heavy atom. The summed E-state index contributed by atoms with van der Waals surface area (Å²) in [6.07, 6.45) is 1.18. The second-order valence-corrected chi connectivity index (χ2v) is 3.81. The average molecular weight is 269 g/mol. The van der Waals surface area contributed by atoms with Gasteiger partial charge < -0.3 is 5.11 Å². The molecule has 1 aromatic carbocycles. The van der Waals surface area contributed by atoms with Crippen LogP contribution in [0.5, 0.6) is 0 Å². The van der Waals surface area contributed by atoms with Crippen LogP contribution in [-0.2, 0) is 0 Å². The summed E-state index contributed by atoms with van der Waals surface area (Å²) >= 11 is 5.60. The molecule has 18 heavy (non-hydrogen) atoms. The number of carboxylic acid groups (broad SMARTS) is 1. The van der Waals surface area contributed by atoms with E-state index in [0.29, 0.717) is 0 Å². The Labute approximate surface area is 105 Å². The van der Waals surface area contributed by atoms with Gasteiger partial charge in [-0.3, -0.25) is 4.79 Å². The van der Waals surface area contributed by atoms with Crippen LogP contribution >= 0.6 is 11.6 Å². The lowest BCUT2D eigenvalue weighted by Crippen LogP contribution is -2.20. The molecule has 0 aliphatic carbocycles. The molecule has 2 aromatic rings. The van der Waals surface area contributed by atoms with Crippen LogP contribution in [0.25, 0.3) is 5.69 Å². The van der Waals surface area contributed by atoms with E-state index in [4.69, 9.17) is 16.7 Å². The number of halogens is 2. The minimum absolute atomic E-state index is 0.00176. The van der Waals surface area contributed by atoms with Crippen LogP contribution in [0.3, 0.4) is 0 Å². The smallest absolute Gasteiger partial charge is 0.360 e. The Morgan fingerprint density at radius 1 is 1.39 bits per heavy atom. The van der Waals surface area contributed by atoms with E-state index in [1.165, 1.54) is 18.3 Å². The molecular weight excluding hydrogens is 263 g/mol. The predicted molar refractivity (Wildman–Crippen MR) is 61.8 cm³/mol. The molecule has 0 spiro atoms. The topological polar surface area (TPSA) is 72.2 Å². The SMILES string of the molecule is O=C(O)c1nn(-c2ccc(Cl)cc2F)ccc1=O. The van der Waals surface area contributed by atoms with Crippen molar-refractivity contribution in [3.63, 3.8) is 0 Å². The molecule has 1 aromatic heterocycles. The fourth-order valence-corrected chi connectivity index (χ4v) is 1.52. The van der Waals surface area contributed by atoms with Gasteiger partial charge >= 0.3 is 5.97 Å². The van der Waals surface area contributed by atoms with Crippen LogP contribution < -0.4 is 5.43 Å². The molecule has 5 nitrogen and oxygen atoms in total. The van der Waals surface area contributed by atoms with Crippen molar-refractivity contribution in [2.24, 2.45) is 0 Å². The van der Waals surface area contributed by atoms with E-state index in [1.54, 1.807) is 0 Å². The second kappa shape index (κ2) is 4.58. The zero-order valence-corrected chi connectivity index (χ0v) is 9.56. The van der Waals surface area contributed by atoms with Gasteiger partial charge in [0.1, 0.15) is 11.5 Å². The molecule has 0 saturated heterocycles. The van der Waals surface area contributed by atoms with Crippen molar-refractivity contribution in [1.29, 1.82) is 0 Å². The number of carbonyl (C=O) groups is 1. The Kier molecular flexibility index (Phi) is 3.12. The molecule has 0 amide bonds. The first kappa shape index (κ1) is 12.3. The lowest BCUT2D eigenvalue weighted by atomic mass is 10.3. The van der Waals surface area contributed by atoms with Gasteiger partial charge in [-0.1, -0.05) is 11.6 Å². The number of hydrogen-bond acceptors (Lipinski definition) is 3. The molecule has 0 fully saturated rings. The van der Waals surface area contributed by atoms with E-state index in [1.807, 2.05) is 0 Å². The molecule has 0 saturated carbocycles. The maximum absolute atomic E-state index is 13.6. The van der Waals surface area contributed by atoms with Crippen molar-refractivity contribution in [3.8, 4) is 5.69 Å². The van der Waals surface area contributed by atoms with E-state index in [0.717, 1.165) is 16.8 Å². The van der Waals surface area contributed by atoms with Crippen LogP contribution in [0.1, 0.15) is 10.5 Å². The molecule has 1 heterocycles. The monoisotopic (exact) mass is 268 g/mol. The largest absolute Gasteiger partial charge is 0.476 e. The molecule has 2 rings (SSSR count). The molecule has 0 aliphatic rings. The number of benzene rings is 1. The van der Waals surface area contributed by atoms with Crippen LogP contribution in [0.4, 0.5) is 4.39 Å². The van der Waals surface area contributed by atoms with Crippen molar-refractivity contribution in [1.82, 2.24) is 9.78 Å². The number of nitrogens with zero attached hydrogens (tertiary/aromatic N) is 2. The average Bonchev–Trinajstić information content (AvgIpc) is 2.30. The molecule has 0 bridgehead atoms. The highest BCUT2D eigenvalue weighted by Crippen LogP contribution is 2.17. The van der Waals surface area contributed by atoms with Gasteiger partial charge in [0.05, 0.1) is 0 Å². The van der Waals surface area contributed by atoms with Gasteiger partial charge in [0, 0.05) is 17.3 Å². The third-order valence-electron chi connectivity index (χ3n) is 2.17. The summed E-state index contributed by atoms with van der Waals surface area (Å²) in [7, 11) is 0. The molecule has 0 atom stereocenters. The Bertz CT molecular complexity index is 684. The van der Waals surface area contributed by atoms with Gasteiger partial charge in [0.25, 0.3) is 0 Å². The summed E-state index contributed by atoms with van der Waals surface area (Å²) in [5.74, 6) is -2.14. The van der Waals surface area contributed by atoms with E-state index >= 15 is 0 Å². The first-order valence-electron chi connectivity index (χ1n) is 4.78. The van der Waals surface area contributed by atoms with Gasteiger partial charge in [0.2, 0.25) is 11.1 Å². The molecule has 7 heteroatoms. The van der Waals surface area contributed by atoms with E-state index < -0.39 is 22.9 Å². The van der Waals surface area contributed by atoms with E-state index in [2.05, 4.69) is 5.10 Å². The fourth-order valence-electron chi connectivity index (χ4n) is 1.36. The first-order valence-corrected chi connectivity index (χ1v) is 5.15. The highest BCUT2D eigenvalue weighted by Gasteiger charge is 2.13. The maximum atomic E-state index is 13.6. The molecule has 0 radical (unpaired) electrons. The van der Waals surface area contributed by atoms with E-state index in [-0.39, 0.29) is 10.7 Å². The van der Waals surface area contributed by atoms with Crippen LogP contribution in [-0.4, -0.2) is 20.9 Å². The summed E-state index contributed by atoms with van der Waals surface area (Å²) in [5.41, 5.74) is -1.41. The highest BCUT2D eigenvalue weighted by molar-refractivity contribution is 6.30. The van der Waals surface area contributed by atoms with Gasteiger partial charge in [-0.15, -0.1) is 0 Å². The minimum Gasteiger partial charge on any atom is -0.476 e.